The number of hydrogen-bond acceptors (Lipinski definition) is 18. The fourth-order valence-corrected chi connectivity index (χ4v) is 11.8. The van der Waals surface area contributed by atoms with Crippen LogP contribution in [0.5, 0.6) is 11.5 Å². The standard InChI is InChI=1S/C51H64N7O13P/c1-33(2)58(34(3)4)72(62,27-13-25-52)71-46-44(29-68-51(38-14-11-10-12-15-38,39-16-20-41(63-8)21-17-39)40-18-22-42(64-9)23-19-40)70-50(57-31-55-45-48(56-35(5)59)53-30-54-49(45)57)47(46)67-32-65-26-24-43(69-37(7)61)28-66-36(6)60/h10-12,14-23,30-31,33-34,43-44,46-47,50,62H,13,24,26-29,32H2,1-9H3/p+1/t43?,44-,46-,47-,50-,72?/m1/s1. The van der Waals surface area contributed by atoms with Gasteiger partial charge in [-0.05, 0) is 68.7 Å². The van der Waals surface area contributed by atoms with Gasteiger partial charge in [-0.15, -0.1) is 4.67 Å². The first-order chi connectivity index (χ1) is 34.5. The molecular formula is C51H65N7O13P+. The summed E-state index contributed by atoms with van der Waals surface area (Å²) >= 11 is 0. The van der Waals surface area contributed by atoms with Gasteiger partial charge in [-0.25, -0.2) is 19.8 Å². The molecule has 1 aliphatic rings. The summed E-state index contributed by atoms with van der Waals surface area (Å²) < 4.78 is 59.6. The molecule has 5 aromatic rings. The molecule has 0 spiro atoms. The van der Waals surface area contributed by atoms with Crippen LogP contribution >= 0.6 is 7.87 Å². The second-order valence-electron chi connectivity index (χ2n) is 17.5. The number of amides is 1. The molecule has 72 heavy (non-hydrogen) atoms. The van der Waals surface area contributed by atoms with E-state index in [1.54, 1.807) is 18.8 Å². The van der Waals surface area contributed by atoms with Crippen molar-refractivity contribution in [3.8, 4) is 17.6 Å². The molecule has 1 amide bonds. The lowest BCUT2D eigenvalue weighted by Gasteiger charge is -2.39. The Balaban J connectivity index is 1.50. The molecule has 1 fully saturated rings. The number of hydrogen-bond donors (Lipinski definition) is 2. The Labute approximate surface area is 420 Å². The second kappa shape index (κ2) is 25.5. The van der Waals surface area contributed by atoms with Gasteiger partial charge in [-0.2, -0.15) is 9.79 Å². The Bertz CT molecular complexity index is 2540. The molecule has 20 nitrogen and oxygen atoms in total. The third kappa shape index (κ3) is 13.3. The average Bonchev–Trinajstić information content (AvgIpc) is 3.93. The molecule has 3 aromatic carbocycles. The molecule has 0 aliphatic carbocycles. The average molecular weight is 1020 g/mol. The van der Waals surface area contributed by atoms with Crippen LogP contribution in [0.15, 0.2) is 91.5 Å². The van der Waals surface area contributed by atoms with Crippen molar-refractivity contribution in [1.29, 1.82) is 5.26 Å². The van der Waals surface area contributed by atoms with Gasteiger partial charge < -0.3 is 43.2 Å². The van der Waals surface area contributed by atoms with Gasteiger partial charge in [0.2, 0.25) is 5.91 Å². The van der Waals surface area contributed by atoms with Gasteiger partial charge in [0.1, 0.15) is 61.3 Å². The van der Waals surface area contributed by atoms with Crippen molar-refractivity contribution in [1.82, 2.24) is 24.2 Å². The molecule has 0 saturated carbocycles. The largest absolute Gasteiger partial charge is 0.497 e. The third-order valence-corrected chi connectivity index (χ3v) is 14.8. The molecule has 0 bridgehead atoms. The topological polar surface area (TPSA) is 237 Å². The van der Waals surface area contributed by atoms with Gasteiger partial charge >= 0.3 is 19.8 Å². The molecule has 21 heteroatoms. The number of nitrogens with zero attached hydrogens (tertiary/aromatic N) is 6. The number of benzene rings is 3. The molecule has 0 radical (unpaired) electrons. The summed E-state index contributed by atoms with van der Waals surface area (Å²) in [5, 5.41) is 12.7. The van der Waals surface area contributed by atoms with E-state index in [1.807, 2.05) is 111 Å². The highest BCUT2D eigenvalue weighted by molar-refractivity contribution is 7.63. The van der Waals surface area contributed by atoms with Gasteiger partial charge in [0, 0.05) is 39.3 Å². The van der Waals surface area contributed by atoms with Gasteiger partial charge in [0.05, 0.1) is 46.3 Å². The van der Waals surface area contributed by atoms with Crippen molar-refractivity contribution < 1.29 is 61.7 Å². The highest BCUT2D eigenvalue weighted by Gasteiger charge is 2.59. The van der Waals surface area contributed by atoms with Crippen LogP contribution in [0.4, 0.5) is 5.82 Å². The molecule has 2 unspecified atom stereocenters. The molecule has 2 N–H and O–H groups in total. The van der Waals surface area contributed by atoms with E-state index in [9.17, 15) is 24.5 Å². The van der Waals surface area contributed by atoms with Crippen molar-refractivity contribution in [3.05, 3.63) is 108 Å². The summed E-state index contributed by atoms with van der Waals surface area (Å²) in [7, 11) is -0.521. The summed E-state index contributed by atoms with van der Waals surface area (Å²) in [5.74, 6) is -0.0158. The van der Waals surface area contributed by atoms with Crippen LogP contribution in [0.2, 0.25) is 0 Å². The lowest BCUT2D eigenvalue weighted by molar-refractivity contribution is -0.160. The fourth-order valence-electron chi connectivity index (χ4n) is 8.90. The van der Waals surface area contributed by atoms with Crippen LogP contribution in [0.3, 0.4) is 0 Å². The molecule has 386 valence electrons. The number of anilines is 1. The quantitative estimate of drug-likeness (QED) is 0.0184. The zero-order valence-electron chi connectivity index (χ0n) is 42.1. The maximum absolute atomic E-state index is 13.0. The van der Waals surface area contributed by atoms with Crippen LogP contribution < -0.4 is 14.8 Å². The number of carbonyl (C=O) groups is 3. The monoisotopic (exact) mass is 1010 g/mol. The lowest BCUT2D eigenvalue weighted by atomic mass is 9.80. The van der Waals surface area contributed by atoms with E-state index in [2.05, 4.69) is 26.3 Å². The molecule has 1 saturated heterocycles. The van der Waals surface area contributed by atoms with Crippen molar-refractivity contribution in [2.24, 2.45) is 0 Å². The Kier molecular flexibility index (Phi) is 19.5. The Morgan fingerprint density at radius 2 is 1.50 bits per heavy atom. The minimum Gasteiger partial charge on any atom is -0.497 e. The zero-order valence-corrected chi connectivity index (χ0v) is 43.0. The van der Waals surface area contributed by atoms with Crippen LogP contribution in [0.1, 0.15) is 84.2 Å². The number of rotatable bonds is 26. The number of fused-ring (bicyclic) bond motifs is 1. The van der Waals surface area contributed by atoms with Gasteiger partial charge in [0.15, 0.2) is 29.3 Å². The number of nitrogens with one attached hydrogen (secondary N) is 1. The number of ether oxygens (including phenoxy) is 8. The molecule has 1 aliphatic heterocycles. The summed E-state index contributed by atoms with van der Waals surface area (Å²) in [4.78, 5) is 62.3. The van der Waals surface area contributed by atoms with Gasteiger partial charge in [0.25, 0.3) is 0 Å². The van der Waals surface area contributed by atoms with E-state index in [0.29, 0.717) is 11.5 Å². The molecule has 6 atom stereocenters. The van der Waals surface area contributed by atoms with E-state index >= 15 is 0 Å². The number of carbonyl (C=O) groups excluding carboxylic acids is 3. The van der Waals surface area contributed by atoms with E-state index in [0.717, 1.165) is 16.7 Å². The lowest BCUT2D eigenvalue weighted by Crippen LogP contribution is -2.45. The van der Waals surface area contributed by atoms with Crippen LogP contribution in [0.25, 0.3) is 11.2 Å². The van der Waals surface area contributed by atoms with Crippen molar-refractivity contribution in [2.45, 2.75) is 110 Å². The van der Waals surface area contributed by atoms with E-state index in [-0.39, 0.29) is 80.6 Å². The van der Waals surface area contributed by atoms with Crippen LogP contribution in [-0.4, -0.2) is 130 Å². The Hall–Kier alpha value is -6.14. The predicted octanol–water partition coefficient (Wildman–Crippen LogP) is 7.12. The Morgan fingerprint density at radius 1 is 0.875 bits per heavy atom. The maximum Gasteiger partial charge on any atom is 0.347 e. The number of aromatic nitrogens is 4. The number of nitriles is 1. The summed E-state index contributed by atoms with van der Waals surface area (Å²) in [5.41, 5.74) is 1.51. The van der Waals surface area contributed by atoms with Crippen molar-refractivity contribution in [2.75, 3.05) is 52.3 Å². The zero-order chi connectivity index (χ0) is 52.0. The molecule has 2 aromatic heterocycles. The van der Waals surface area contributed by atoms with Crippen molar-refractivity contribution >= 4 is 42.7 Å². The van der Waals surface area contributed by atoms with Crippen molar-refractivity contribution in [3.63, 3.8) is 0 Å². The highest BCUT2D eigenvalue weighted by Crippen LogP contribution is 2.64. The SMILES string of the molecule is COc1ccc(C(OC[C@H]2O[C@@H](n3cnc4c(NC(C)=O)ncnc43)[C@H](OCOCCC(COC(C)=O)OC(C)=O)[C@@H]2O[P+](O)(CCC#N)N(C(C)C)C(C)C)(c2ccccc2)c2ccc(OC)cc2)cc1. The van der Waals surface area contributed by atoms with Gasteiger partial charge in [-0.1, -0.05) is 54.6 Å². The fraction of sp³-hybridized carbons (Fsp3) is 0.471. The van der Waals surface area contributed by atoms with E-state index < -0.39 is 56.1 Å². The number of esters is 2. The van der Waals surface area contributed by atoms with E-state index in [1.165, 1.54) is 33.4 Å². The first kappa shape index (κ1) is 55.2. The third-order valence-electron chi connectivity index (χ3n) is 11.8. The maximum atomic E-state index is 13.0. The summed E-state index contributed by atoms with van der Waals surface area (Å²) in [6, 6.07) is 26.6. The predicted molar refractivity (Wildman–Crippen MR) is 266 cm³/mol. The van der Waals surface area contributed by atoms with Crippen LogP contribution in [-0.2, 0) is 52.9 Å². The number of imidazole rings is 1. The van der Waals surface area contributed by atoms with Crippen LogP contribution in [0, 0.1) is 11.3 Å². The molecule has 6 rings (SSSR count). The minimum atomic E-state index is -3.71. The first-order valence-corrected chi connectivity index (χ1v) is 25.4. The Morgan fingerprint density at radius 3 is 2.06 bits per heavy atom. The van der Waals surface area contributed by atoms with Gasteiger partial charge in [-0.3, -0.25) is 19.0 Å². The normalized spacial score (nSPS) is 18.2. The van der Waals surface area contributed by atoms with E-state index in [4.69, 9.17) is 42.4 Å². The first-order valence-electron chi connectivity index (χ1n) is 23.6. The summed E-state index contributed by atoms with van der Waals surface area (Å²) in [6.45, 7) is 10.9. The molecule has 3 heterocycles. The highest BCUT2D eigenvalue weighted by atomic mass is 31.2. The minimum absolute atomic E-state index is 0.00767. The smallest absolute Gasteiger partial charge is 0.347 e. The second-order valence-corrected chi connectivity index (χ2v) is 20.0. The number of methoxy groups -OCH3 is 2. The summed E-state index contributed by atoms with van der Waals surface area (Å²) in [6.07, 6.45) is -2.32. The molecular weight excluding hydrogens is 950 g/mol.